The molecule has 0 amide bonds. The molecule has 2 aromatic carbocycles. The molecule has 0 bridgehead atoms. The fourth-order valence-corrected chi connectivity index (χ4v) is 2.98. The predicted molar refractivity (Wildman–Crippen MR) is 76.8 cm³/mol. The smallest absolute Gasteiger partial charge is 0.114 e. The zero-order chi connectivity index (χ0) is 12.5. The third kappa shape index (κ3) is 1.92. The molecule has 18 heavy (non-hydrogen) atoms. The van der Waals surface area contributed by atoms with Gasteiger partial charge in [0.1, 0.15) is 5.01 Å². The van der Waals surface area contributed by atoms with Gasteiger partial charge in [-0.05, 0) is 23.3 Å². The van der Waals surface area contributed by atoms with Crippen molar-refractivity contribution in [3.63, 3.8) is 0 Å². The van der Waals surface area contributed by atoms with E-state index in [1.807, 2.05) is 24.4 Å². The van der Waals surface area contributed by atoms with Crippen LogP contribution in [-0.2, 0) is 0 Å². The van der Waals surface area contributed by atoms with Gasteiger partial charge in [-0.25, -0.2) is 4.98 Å². The molecular formula is C15H14N2S. The summed E-state index contributed by atoms with van der Waals surface area (Å²) in [4.78, 5) is 4.49. The molecule has 0 saturated heterocycles. The van der Waals surface area contributed by atoms with Gasteiger partial charge in [-0.3, -0.25) is 0 Å². The van der Waals surface area contributed by atoms with Crippen molar-refractivity contribution in [3.05, 3.63) is 64.1 Å². The zero-order valence-electron chi connectivity index (χ0n) is 10.1. The van der Waals surface area contributed by atoms with Gasteiger partial charge in [0.2, 0.25) is 0 Å². The third-order valence-electron chi connectivity index (χ3n) is 3.06. The van der Waals surface area contributed by atoms with E-state index >= 15 is 0 Å². The maximum atomic E-state index is 6.34. The third-order valence-corrected chi connectivity index (χ3v) is 4.11. The van der Waals surface area contributed by atoms with Crippen LogP contribution in [0, 0.1) is 6.92 Å². The van der Waals surface area contributed by atoms with Gasteiger partial charge in [0.25, 0.3) is 0 Å². The summed E-state index contributed by atoms with van der Waals surface area (Å²) < 4.78 is 0. The average molecular weight is 254 g/mol. The lowest BCUT2D eigenvalue weighted by Gasteiger charge is -2.12. The van der Waals surface area contributed by atoms with E-state index in [4.69, 9.17) is 5.73 Å². The Hall–Kier alpha value is -1.71. The normalized spacial score (nSPS) is 12.8. The standard InChI is InChI=1S/C15H14N2S/c1-10-9-18-15(17-10)14(16)13-8-4-6-11-5-2-3-7-12(11)13/h2-9,14H,16H2,1H3. The zero-order valence-corrected chi connectivity index (χ0v) is 10.9. The number of thiazole rings is 1. The highest BCUT2D eigenvalue weighted by molar-refractivity contribution is 7.09. The highest BCUT2D eigenvalue weighted by Gasteiger charge is 2.14. The molecular weight excluding hydrogens is 240 g/mol. The van der Waals surface area contributed by atoms with Crippen LogP contribution in [-0.4, -0.2) is 4.98 Å². The first-order valence-electron chi connectivity index (χ1n) is 5.91. The summed E-state index contributed by atoms with van der Waals surface area (Å²) in [6.07, 6.45) is 0. The first-order chi connectivity index (χ1) is 8.75. The lowest BCUT2D eigenvalue weighted by Crippen LogP contribution is -2.12. The number of fused-ring (bicyclic) bond motifs is 1. The van der Waals surface area contributed by atoms with E-state index < -0.39 is 0 Å². The van der Waals surface area contributed by atoms with Gasteiger partial charge in [0, 0.05) is 11.1 Å². The Balaban J connectivity index is 2.14. The van der Waals surface area contributed by atoms with E-state index in [9.17, 15) is 0 Å². The van der Waals surface area contributed by atoms with Crippen molar-refractivity contribution in [2.45, 2.75) is 13.0 Å². The molecule has 0 fully saturated rings. The van der Waals surface area contributed by atoms with E-state index in [0.717, 1.165) is 16.3 Å². The molecule has 2 nitrogen and oxygen atoms in total. The van der Waals surface area contributed by atoms with Crippen molar-refractivity contribution >= 4 is 22.1 Å². The molecule has 90 valence electrons. The molecule has 0 aliphatic carbocycles. The fraction of sp³-hybridized carbons (Fsp3) is 0.133. The Labute approximate surface area is 110 Å². The Kier molecular flexibility index (Phi) is 2.86. The first-order valence-corrected chi connectivity index (χ1v) is 6.79. The number of rotatable bonds is 2. The molecule has 3 aromatic rings. The topological polar surface area (TPSA) is 38.9 Å². The number of nitrogens with two attached hydrogens (primary N) is 1. The van der Waals surface area contributed by atoms with Crippen LogP contribution in [0.25, 0.3) is 10.8 Å². The van der Waals surface area contributed by atoms with Crippen molar-refractivity contribution in [1.29, 1.82) is 0 Å². The monoisotopic (exact) mass is 254 g/mol. The van der Waals surface area contributed by atoms with Gasteiger partial charge in [-0.1, -0.05) is 42.5 Å². The summed E-state index contributed by atoms with van der Waals surface area (Å²) in [7, 11) is 0. The molecule has 1 atom stereocenters. The Morgan fingerprint density at radius 1 is 1.11 bits per heavy atom. The van der Waals surface area contributed by atoms with Crippen molar-refractivity contribution < 1.29 is 0 Å². The Morgan fingerprint density at radius 2 is 1.89 bits per heavy atom. The van der Waals surface area contributed by atoms with Crippen molar-refractivity contribution in [3.8, 4) is 0 Å². The van der Waals surface area contributed by atoms with Crippen molar-refractivity contribution in [1.82, 2.24) is 4.98 Å². The van der Waals surface area contributed by atoms with Gasteiger partial charge in [-0.2, -0.15) is 0 Å². The van der Waals surface area contributed by atoms with Crippen LogP contribution < -0.4 is 5.73 Å². The second-order valence-corrected chi connectivity index (χ2v) is 5.26. The summed E-state index contributed by atoms with van der Waals surface area (Å²) in [6, 6.07) is 14.4. The van der Waals surface area contributed by atoms with Gasteiger partial charge >= 0.3 is 0 Å². The average Bonchev–Trinajstić information content (AvgIpc) is 2.84. The first kappa shape index (κ1) is 11.4. The number of benzene rings is 2. The van der Waals surface area contributed by atoms with Gasteiger partial charge in [0.05, 0.1) is 6.04 Å². The minimum Gasteiger partial charge on any atom is -0.318 e. The molecule has 0 aliphatic heterocycles. The predicted octanol–water partition coefficient (Wildman–Crippen LogP) is 3.65. The molecule has 0 saturated carbocycles. The highest BCUT2D eigenvalue weighted by atomic mass is 32.1. The maximum absolute atomic E-state index is 6.34. The van der Waals surface area contributed by atoms with Gasteiger partial charge in [-0.15, -0.1) is 11.3 Å². The molecule has 0 aliphatic rings. The van der Waals surface area contributed by atoms with E-state index in [0.29, 0.717) is 0 Å². The second kappa shape index (κ2) is 4.52. The van der Waals surface area contributed by atoms with Crippen LogP contribution in [0.15, 0.2) is 47.8 Å². The molecule has 1 unspecified atom stereocenters. The summed E-state index contributed by atoms with van der Waals surface area (Å²) in [5, 5.41) is 5.45. The number of hydrogen-bond acceptors (Lipinski definition) is 3. The molecule has 1 aromatic heterocycles. The van der Waals surface area contributed by atoms with Crippen LogP contribution in [0.2, 0.25) is 0 Å². The summed E-state index contributed by atoms with van der Waals surface area (Å²) in [6.45, 7) is 2.00. The lowest BCUT2D eigenvalue weighted by atomic mass is 9.99. The Morgan fingerprint density at radius 3 is 2.67 bits per heavy atom. The molecule has 3 rings (SSSR count). The van der Waals surface area contributed by atoms with E-state index in [2.05, 4.69) is 35.3 Å². The number of aryl methyl sites for hydroxylation is 1. The molecule has 2 N–H and O–H groups in total. The minimum atomic E-state index is -0.144. The lowest BCUT2D eigenvalue weighted by molar-refractivity contribution is 0.860. The number of aromatic nitrogens is 1. The molecule has 1 heterocycles. The Bertz CT molecular complexity index is 682. The largest absolute Gasteiger partial charge is 0.318 e. The van der Waals surface area contributed by atoms with Crippen molar-refractivity contribution in [2.75, 3.05) is 0 Å². The van der Waals surface area contributed by atoms with E-state index in [1.54, 1.807) is 11.3 Å². The summed E-state index contributed by atoms with van der Waals surface area (Å²) in [5.74, 6) is 0. The van der Waals surface area contributed by atoms with Crippen LogP contribution in [0.5, 0.6) is 0 Å². The second-order valence-electron chi connectivity index (χ2n) is 4.37. The molecule has 0 radical (unpaired) electrons. The van der Waals surface area contributed by atoms with E-state index in [-0.39, 0.29) is 6.04 Å². The molecule has 0 spiro atoms. The minimum absolute atomic E-state index is 0.144. The van der Waals surface area contributed by atoms with Crippen LogP contribution in [0.3, 0.4) is 0 Å². The summed E-state index contributed by atoms with van der Waals surface area (Å²) in [5.41, 5.74) is 8.52. The molecule has 3 heteroatoms. The fourth-order valence-electron chi connectivity index (χ4n) is 2.17. The SMILES string of the molecule is Cc1csc(C(N)c2cccc3ccccc23)n1. The highest BCUT2D eigenvalue weighted by Crippen LogP contribution is 2.28. The van der Waals surface area contributed by atoms with Gasteiger partial charge < -0.3 is 5.73 Å². The number of nitrogens with zero attached hydrogens (tertiary/aromatic N) is 1. The van der Waals surface area contributed by atoms with Crippen LogP contribution in [0.4, 0.5) is 0 Å². The quantitative estimate of drug-likeness (QED) is 0.758. The number of hydrogen-bond donors (Lipinski definition) is 1. The van der Waals surface area contributed by atoms with Crippen LogP contribution >= 0.6 is 11.3 Å². The van der Waals surface area contributed by atoms with Gasteiger partial charge in [0.15, 0.2) is 0 Å². The van der Waals surface area contributed by atoms with E-state index in [1.165, 1.54) is 10.8 Å². The van der Waals surface area contributed by atoms with Crippen LogP contribution in [0.1, 0.15) is 22.3 Å². The maximum Gasteiger partial charge on any atom is 0.114 e. The van der Waals surface area contributed by atoms with Crippen molar-refractivity contribution in [2.24, 2.45) is 5.73 Å². The summed E-state index contributed by atoms with van der Waals surface area (Å²) >= 11 is 1.62.